The third kappa shape index (κ3) is 5.98. The monoisotopic (exact) mass is 719 g/mol. The molecule has 0 spiro atoms. The summed E-state index contributed by atoms with van der Waals surface area (Å²) in [6.45, 7) is 2.22. The van der Waals surface area contributed by atoms with Gasteiger partial charge in [-0.05, 0) is 111 Å². The van der Waals surface area contributed by atoms with Gasteiger partial charge in [-0.2, -0.15) is 0 Å². The molecule has 2 heteroatoms. The topological polar surface area (TPSA) is 3.24 Å². The van der Waals surface area contributed by atoms with E-state index in [-0.39, 0.29) is 0 Å². The van der Waals surface area contributed by atoms with Crippen molar-refractivity contribution >= 4 is 59.3 Å². The van der Waals surface area contributed by atoms with Crippen LogP contribution in [0.25, 0.3) is 75.5 Å². The van der Waals surface area contributed by atoms with Gasteiger partial charge < -0.3 is 4.90 Å². The quantitative estimate of drug-likeness (QED) is 0.159. The molecule has 0 amide bonds. The highest BCUT2D eigenvalue weighted by atomic mass is 32.1. The Labute approximate surface area is 326 Å². The van der Waals surface area contributed by atoms with Crippen LogP contribution in [0.5, 0.6) is 0 Å². The molecule has 55 heavy (non-hydrogen) atoms. The molecule has 10 aromatic rings. The van der Waals surface area contributed by atoms with Crippen molar-refractivity contribution in [3.05, 3.63) is 212 Å². The molecular formula is C53H37NS. The molecule has 1 heterocycles. The van der Waals surface area contributed by atoms with Gasteiger partial charge in [0.15, 0.2) is 0 Å². The summed E-state index contributed by atoms with van der Waals surface area (Å²) < 4.78 is 2.61. The molecule has 260 valence electrons. The highest BCUT2D eigenvalue weighted by Gasteiger charge is 2.22. The van der Waals surface area contributed by atoms with Crippen molar-refractivity contribution in [3.63, 3.8) is 0 Å². The van der Waals surface area contributed by atoms with Crippen LogP contribution in [0.3, 0.4) is 0 Å². The van der Waals surface area contributed by atoms with Gasteiger partial charge in [-0.15, -0.1) is 11.3 Å². The zero-order chi connectivity index (χ0) is 36.7. The van der Waals surface area contributed by atoms with Crippen LogP contribution in [0, 0.1) is 6.92 Å². The maximum atomic E-state index is 2.45. The molecule has 0 radical (unpaired) electrons. The lowest BCUT2D eigenvalue weighted by Crippen LogP contribution is -2.11. The number of benzene rings is 9. The van der Waals surface area contributed by atoms with Gasteiger partial charge in [-0.25, -0.2) is 0 Å². The molecule has 10 rings (SSSR count). The number of anilines is 3. The standard InChI is InChI=1S/C53H37NS/c1-36-15-13-26-50-52(36)46-32-31-44(35-51(46)55-50)54(49-25-14-24-45(37-16-5-2-6-17-37)53(49)40-20-9-4-10-21-40)43-29-27-39(28-30-43)48-34-42-23-12-11-22-41(42)33-47(48)38-18-7-3-8-19-38/h2-35H,1H3. The zero-order valence-electron chi connectivity index (χ0n) is 30.5. The van der Waals surface area contributed by atoms with Crippen molar-refractivity contribution < 1.29 is 0 Å². The smallest absolute Gasteiger partial charge is 0.0546 e. The Balaban J connectivity index is 1.19. The molecule has 0 aliphatic carbocycles. The van der Waals surface area contributed by atoms with E-state index >= 15 is 0 Å². The number of hydrogen-bond donors (Lipinski definition) is 0. The number of nitrogens with zero attached hydrogens (tertiary/aromatic N) is 1. The lowest BCUT2D eigenvalue weighted by molar-refractivity contribution is 1.29. The Morgan fingerprint density at radius 2 is 0.927 bits per heavy atom. The number of fused-ring (bicyclic) bond motifs is 4. The summed E-state index contributed by atoms with van der Waals surface area (Å²) in [5.74, 6) is 0. The Kier molecular flexibility index (Phi) is 8.32. The summed E-state index contributed by atoms with van der Waals surface area (Å²) in [4.78, 5) is 2.45. The Bertz CT molecular complexity index is 2960. The number of thiophene rings is 1. The third-order valence-electron chi connectivity index (χ3n) is 10.8. The molecule has 0 bridgehead atoms. The summed E-state index contributed by atoms with van der Waals surface area (Å²) in [6.07, 6.45) is 0. The fourth-order valence-electron chi connectivity index (χ4n) is 8.18. The summed E-state index contributed by atoms with van der Waals surface area (Å²) in [7, 11) is 0. The lowest BCUT2D eigenvalue weighted by Gasteiger charge is -2.29. The maximum absolute atomic E-state index is 2.45. The van der Waals surface area contributed by atoms with Gasteiger partial charge in [-0.3, -0.25) is 0 Å². The number of aryl methyl sites for hydroxylation is 1. The summed E-state index contributed by atoms with van der Waals surface area (Å²) >= 11 is 1.87. The highest BCUT2D eigenvalue weighted by Crippen LogP contribution is 2.47. The second kappa shape index (κ2) is 13.9. The van der Waals surface area contributed by atoms with Crippen LogP contribution in [-0.4, -0.2) is 0 Å². The number of rotatable bonds is 7. The van der Waals surface area contributed by atoms with E-state index in [0.29, 0.717) is 0 Å². The minimum atomic E-state index is 1.10. The Morgan fingerprint density at radius 3 is 1.58 bits per heavy atom. The first-order valence-corrected chi connectivity index (χ1v) is 19.7. The molecular weight excluding hydrogens is 683 g/mol. The molecule has 0 N–H and O–H groups in total. The van der Waals surface area contributed by atoms with Crippen LogP contribution < -0.4 is 4.90 Å². The van der Waals surface area contributed by atoms with Crippen molar-refractivity contribution in [2.45, 2.75) is 6.92 Å². The van der Waals surface area contributed by atoms with Crippen LogP contribution in [0.15, 0.2) is 206 Å². The molecule has 1 nitrogen and oxygen atoms in total. The minimum Gasteiger partial charge on any atom is -0.310 e. The Morgan fingerprint density at radius 1 is 0.382 bits per heavy atom. The predicted molar refractivity (Wildman–Crippen MR) is 238 cm³/mol. The molecule has 0 unspecified atom stereocenters. The van der Waals surface area contributed by atoms with Crippen molar-refractivity contribution in [3.8, 4) is 44.5 Å². The van der Waals surface area contributed by atoms with Gasteiger partial charge in [0, 0.05) is 37.1 Å². The normalized spacial score (nSPS) is 11.4. The van der Waals surface area contributed by atoms with E-state index in [1.807, 2.05) is 11.3 Å². The molecule has 1 aromatic heterocycles. The van der Waals surface area contributed by atoms with Crippen LogP contribution in [0.1, 0.15) is 5.56 Å². The molecule has 0 saturated carbocycles. The highest BCUT2D eigenvalue weighted by molar-refractivity contribution is 7.25. The van der Waals surface area contributed by atoms with Gasteiger partial charge in [0.1, 0.15) is 0 Å². The average molecular weight is 720 g/mol. The third-order valence-corrected chi connectivity index (χ3v) is 11.9. The first-order chi connectivity index (χ1) is 27.2. The van der Waals surface area contributed by atoms with Crippen LogP contribution in [-0.2, 0) is 0 Å². The van der Waals surface area contributed by atoms with Crippen LogP contribution in [0.2, 0.25) is 0 Å². The largest absolute Gasteiger partial charge is 0.310 e. The Hall–Kier alpha value is -6.74. The summed E-state index contributed by atoms with van der Waals surface area (Å²) in [5.41, 5.74) is 14.3. The molecule has 0 aliphatic heterocycles. The molecule has 0 aliphatic rings. The van der Waals surface area contributed by atoms with Crippen molar-refractivity contribution in [2.75, 3.05) is 4.90 Å². The first-order valence-electron chi connectivity index (χ1n) is 18.8. The lowest BCUT2D eigenvalue weighted by atomic mass is 9.91. The summed E-state index contributed by atoms with van der Waals surface area (Å²) in [6, 6.07) is 75.2. The minimum absolute atomic E-state index is 1.10. The van der Waals surface area contributed by atoms with Crippen molar-refractivity contribution in [2.24, 2.45) is 0 Å². The van der Waals surface area contributed by atoms with Gasteiger partial charge >= 0.3 is 0 Å². The van der Waals surface area contributed by atoms with E-state index < -0.39 is 0 Å². The van der Waals surface area contributed by atoms with Crippen molar-refractivity contribution in [1.29, 1.82) is 0 Å². The second-order valence-electron chi connectivity index (χ2n) is 14.2. The summed E-state index contributed by atoms with van der Waals surface area (Å²) in [5, 5.41) is 5.14. The van der Waals surface area contributed by atoms with Crippen LogP contribution >= 0.6 is 11.3 Å². The van der Waals surface area contributed by atoms with E-state index in [0.717, 1.165) is 17.1 Å². The van der Waals surface area contributed by atoms with E-state index in [2.05, 4.69) is 218 Å². The van der Waals surface area contributed by atoms with Gasteiger partial charge in [-0.1, -0.05) is 158 Å². The number of hydrogen-bond acceptors (Lipinski definition) is 2. The van der Waals surface area contributed by atoms with Gasteiger partial charge in [0.05, 0.1) is 5.69 Å². The maximum Gasteiger partial charge on any atom is 0.0546 e. The SMILES string of the molecule is Cc1cccc2sc3cc(N(c4ccc(-c5cc6ccccc6cc5-c5ccccc5)cc4)c4cccc(-c5ccccc5)c4-c4ccccc4)ccc3c12. The van der Waals surface area contributed by atoms with Gasteiger partial charge in [0.25, 0.3) is 0 Å². The average Bonchev–Trinajstić information content (AvgIpc) is 3.64. The second-order valence-corrected chi connectivity index (χ2v) is 15.2. The fraction of sp³-hybridized carbons (Fsp3) is 0.0189. The predicted octanol–water partition coefficient (Wildman–Crippen LogP) is 15.7. The van der Waals surface area contributed by atoms with Gasteiger partial charge in [0.2, 0.25) is 0 Å². The van der Waals surface area contributed by atoms with Crippen molar-refractivity contribution in [1.82, 2.24) is 0 Å². The molecule has 0 atom stereocenters. The fourth-order valence-corrected chi connectivity index (χ4v) is 9.39. The molecule has 0 fully saturated rings. The molecule has 0 saturated heterocycles. The van der Waals surface area contributed by atoms with E-state index in [9.17, 15) is 0 Å². The van der Waals surface area contributed by atoms with E-state index in [1.165, 1.54) is 81.0 Å². The van der Waals surface area contributed by atoms with E-state index in [1.54, 1.807) is 0 Å². The first kappa shape index (κ1) is 32.9. The zero-order valence-corrected chi connectivity index (χ0v) is 31.3. The van der Waals surface area contributed by atoms with Crippen LogP contribution in [0.4, 0.5) is 17.1 Å². The van der Waals surface area contributed by atoms with E-state index in [4.69, 9.17) is 0 Å². The molecule has 9 aromatic carbocycles.